The highest BCUT2D eigenvalue weighted by Gasteiger charge is 2.22. The first kappa shape index (κ1) is 14.3. The third-order valence-electron chi connectivity index (χ3n) is 3.66. The zero-order valence-corrected chi connectivity index (χ0v) is 11.7. The number of aliphatic hydroxyl groups excluding tert-OH is 1. The standard InChI is InChI=1S/C15H23NO3/c1-18-10-12(17)7-8-16-15-6-4-11-3-5-13(19-2)9-14(11)15/h3,5,9,12,15-17H,4,6-8,10H2,1-2H3. The van der Waals surface area contributed by atoms with E-state index in [1.165, 1.54) is 11.1 Å². The molecule has 2 atom stereocenters. The smallest absolute Gasteiger partial charge is 0.119 e. The lowest BCUT2D eigenvalue weighted by atomic mass is 10.1. The van der Waals surface area contributed by atoms with E-state index in [0.29, 0.717) is 19.1 Å². The van der Waals surface area contributed by atoms with E-state index in [1.807, 2.05) is 6.07 Å². The Morgan fingerprint density at radius 1 is 1.42 bits per heavy atom. The molecule has 19 heavy (non-hydrogen) atoms. The van der Waals surface area contributed by atoms with Crippen LogP contribution in [0.25, 0.3) is 0 Å². The second kappa shape index (κ2) is 6.89. The molecule has 0 aromatic heterocycles. The van der Waals surface area contributed by atoms with Crippen LogP contribution in [0.3, 0.4) is 0 Å². The maximum absolute atomic E-state index is 9.62. The molecule has 2 unspecified atom stereocenters. The number of methoxy groups -OCH3 is 2. The van der Waals surface area contributed by atoms with Crippen molar-refractivity contribution < 1.29 is 14.6 Å². The fraction of sp³-hybridized carbons (Fsp3) is 0.600. The Morgan fingerprint density at radius 3 is 3.00 bits per heavy atom. The Labute approximate surface area is 114 Å². The second-order valence-corrected chi connectivity index (χ2v) is 5.01. The number of fused-ring (bicyclic) bond motifs is 1. The first-order valence-electron chi connectivity index (χ1n) is 6.81. The van der Waals surface area contributed by atoms with E-state index in [9.17, 15) is 5.11 Å². The van der Waals surface area contributed by atoms with Crippen molar-refractivity contribution in [1.82, 2.24) is 5.32 Å². The van der Waals surface area contributed by atoms with Gasteiger partial charge in [-0.3, -0.25) is 0 Å². The monoisotopic (exact) mass is 265 g/mol. The summed E-state index contributed by atoms with van der Waals surface area (Å²) in [5.74, 6) is 0.909. The SMILES string of the molecule is COCC(O)CCNC1CCc2ccc(OC)cc21. The van der Waals surface area contributed by atoms with Gasteiger partial charge in [0.15, 0.2) is 0 Å². The molecule has 2 rings (SSSR count). The molecule has 1 aromatic rings. The normalized spacial score (nSPS) is 19.2. The maximum atomic E-state index is 9.62. The largest absolute Gasteiger partial charge is 0.497 e. The summed E-state index contributed by atoms with van der Waals surface area (Å²) in [5.41, 5.74) is 2.73. The summed E-state index contributed by atoms with van der Waals surface area (Å²) in [5, 5.41) is 13.1. The van der Waals surface area contributed by atoms with Crippen LogP contribution in [0.4, 0.5) is 0 Å². The van der Waals surface area contributed by atoms with Gasteiger partial charge in [0.25, 0.3) is 0 Å². The van der Waals surface area contributed by atoms with Gasteiger partial charge in [-0.15, -0.1) is 0 Å². The zero-order valence-electron chi connectivity index (χ0n) is 11.7. The predicted molar refractivity (Wildman–Crippen MR) is 74.6 cm³/mol. The third-order valence-corrected chi connectivity index (χ3v) is 3.66. The number of benzene rings is 1. The lowest BCUT2D eigenvalue weighted by Gasteiger charge is -2.16. The first-order chi connectivity index (χ1) is 9.24. The van der Waals surface area contributed by atoms with E-state index in [4.69, 9.17) is 9.47 Å². The van der Waals surface area contributed by atoms with Crippen molar-refractivity contribution in [2.24, 2.45) is 0 Å². The first-order valence-corrected chi connectivity index (χ1v) is 6.81. The third kappa shape index (κ3) is 3.69. The number of aliphatic hydroxyl groups is 1. The average Bonchev–Trinajstić information content (AvgIpc) is 2.81. The molecule has 1 aliphatic rings. The van der Waals surface area contributed by atoms with Gasteiger partial charge in [-0.25, -0.2) is 0 Å². The van der Waals surface area contributed by atoms with Crippen LogP contribution in [0.1, 0.15) is 30.0 Å². The summed E-state index contributed by atoms with van der Waals surface area (Å²) >= 11 is 0. The fourth-order valence-electron chi connectivity index (χ4n) is 2.62. The van der Waals surface area contributed by atoms with Crippen LogP contribution in [-0.2, 0) is 11.2 Å². The number of rotatable bonds is 7. The van der Waals surface area contributed by atoms with Gasteiger partial charge in [-0.1, -0.05) is 6.07 Å². The summed E-state index contributed by atoms with van der Waals surface area (Å²) in [7, 11) is 3.30. The van der Waals surface area contributed by atoms with Crippen LogP contribution in [0.2, 0.25) is 0 Å². The molecule has 1 aromatic carbocycles. The lowest BCUT2D eigenvalue weighted by molar-refractivity contribution is 0.0590. The number of ether oxygens (including phenoxy) is 2. The molecule has 106 valence electrons. The molecule has 0 aliphatic heterocycles. The second-order valence-electron chi connectivity index (χ2n) is 5.01. The van der Waals surface area contributed by atoms with Gasteiger partial charge < -0.3 is 19.9 Å². The maximum Gasteiger partial charge on any atom is 0.119 e. The molecule has 0 radical (unpaired) electrons. The minimum atomic E-state index is -0.385. The van der Waals surface area contributed by atoms with E-state index < -0.39 is 0 Å². The highest BCUT2D eigenvalue weighted by atomic mass is 16.5. The summed E-state index contributed by atoms with van der Waals surface area (Å²) in [4.78, 5) is 0. The van der Waals surface area contributed by atoms with Crippen molar-refractivity contribution in [2.75, 3.05) is 27.4 Å². The highest BCUT2D eigenvalue weighted by molar-refractivity contribution is 5.40. The van der Waals surface area contributed by atoms with Gasteiger partial charge in [0.2, 0.25) is 0 Å². The van der Waals surface area contributed by atoms with Gasteiger partial charge in [0, 0.05) is 13.2 Å². The molecule has 0 fully saturated rings. The van der Waals surface area contributed by atoms with Crippen LogP contribution in [-0.4, -0.2) is 38.6 Å². The van der Waals surface area contributed by atoms with Gasteiger partial charge in [0.1, 0.15) is 5.75 Å². The Bertz CT molecular complexity index is 408. The molecule has 0 saturated carbocycles. The fourth-order valence-corrected chi connectivity index (χ4v) is 2.62. The quantitative estimate of drug-likeness (QED) is 0.787. The Morgan fingerprint density at radius 2 is 2.26 bits per heavy atom. The van der Waals surface area contributed by atoms with Crippen LogP contribution >= 0.6 is 0 Å². The van der Waals surface area contributed by atoms with Crippen molar-refractivity contribution in [3.8, 4) is 5.75 Å². The summed E-state index contributed by atoms with van der Waals surface area (Å²) in [6.45, 7) is 1.20. The van der Waals surface area contributed by atoms with Crippen LogP contribution < -0.4 is 10.1 Å². The van der Waals surface area contributed by atoms with Gasteiger partial charge in [-0.2, -0.15) is 0 Å². The molecule has 0 saturated heterocycles. The van der Waals surface area contributed by atoms with E-state index in [-0.39, 0.29) is 6.10 Å². The van der Waals surface area contributed by atoms with Crippen molar-refractivity contribution in [1.29, 1.82) is 0 Å². The molecule has 0 bridgehead atoms. The number of nitrogens with one attached hydrogen (secondary N) is 1. The molecule has 4 heteroatoms. The molecule has 1 aliphatic carbocycles. The van der Waals surface area contributed by atoms with Crippen molar-refractivity contribution in [2.45, 2.75) is 31.4 Å². The zero-order chi connectivity index (χ0) is 13.7. The minimum absolute atomic E-state index is 0.375. The summed E-state index contributed by atoms with van der Waals surface area (Å²) < 4.78 is 10.2. The van der Waals surface area contributed by atoms with Crippen molar-refractivity contribution >= 4 is 0 Å². The molecule has 0 heterocycles. The van der Waals surface area contributed by atoms with Gasteiger partial charge >= 0.3 is 0 Å². The molecule has 2 N–H and O–H groups in total. The number of hydrogen-bond acceptors (Lipinski definition) is 4. The minimum Gasteiger partial charge on any atom is -0.497 e. The number of aryl methyl sites for hydroxylation is 1. The van der Waals surface area contributed by atoms with Crippen LogP contribution in [0.5, 0.6) is 5.75 Å². The Balaban J connectivity index is 1.87. The molecule has 4 nitrogen and oxygen atoms in total. The Hall–Kier alpha value is -1.10. The van der Waals surface area contributed by atoms with Crippen LogP contribution in [0, 0.1) is 0 Å². The highest BCUT2D eigenvalue weighted by Crippen LogP contribution is 2.33. The Kier molecular flexibility index (Phi) is 5.19. The molecule has 0 spiro atoms. The average molecular weight is 265 g/mol. The predicted octanol–water partition coefficient (Wildman–Crippen LogP) is 1.67. The van der Waals surface area contributed by atoms with Crippen molar-refractivity contribution in [3.05, 3.63) is 29.3 Å². The van der Waals surface area contributed by atoms with E-state index in [2.05, 4.69) is 17.4 Å². The van der Waals surface area contributed by atoms with Crippen molar-refractivity contribution in [3.63, 3.8) is 0 Å². The summed E-state index contributed by atoms with van der Waals surface area (Å²) in [6, 6.07) is 6.66. The number of hydrogen-bond donors (Lipinski definition) is 2. The van der Waals surface area contributed by atoms with E-state index in [0.717, 1.165) is 25.1 Å². The summed E-state index contributed by atoms with van der Waals surface area (Å²) in [6.07, 6.45) is 2.55. The topological polar surface area (TPSA) is 50.7 Å². The molecular formula is C15H23NO3. The molecule has 0 amide bonds. The van der Waals surface area contributed by atoms with E-state index >= 15 is 0 Å². The van der Waals surface area contributed by atoms with E-state index in [1.54, 1.807) is 14.2 Å². The van der Waals surface area contributed by atoms with Gasteiger partial charge in [0.05, 0.1) is 19.8 Å². The van der Waals surface area contributed by atoms with Gasteiger partial charge in [-0.05, 0) is 49.1 Å². The van der Waals surface area contributed by atoms with Crippen LogP contribution in [0.15, 0.2) is 18.2 Å². The molecular weight excluding hydrogens is 242 g/mol. The lowest BCUT2D eigenvalue weighted by Crippen LogP contribution is -2.25.